The molecule has 0 saturated heterocycles. The normalized spacial score (nSPS) is 10.7. The number of carbonyl (C=O) groups is 1. The maximum absolute atomic E-state index is 12.4. The molecule has 0 spiro atoms. The van der Waals surface area contributed by atoms with E-state index in [2.05, 4.69) is 25.9 Å². The van der Waals surface area contributed by atoms with Gasteiger partial charge in [-0.05, 0) is 34.1 Å². The van der Waals surface area contributed by atoms with Crippen LogP contribution in [0.1, 0.15) is 15.9 Å². The van der Waals surface area contributed by atoms with E-state index < -0.39 is 0 Å². The second kappa shape index (κ2) is 4.38. The van der Waals surface area contributed by atoms with E-state index in [1.807, 2.05) is 18.2 Å². The summed E-state index contributed by atoms with van der Waals surface area (Å²) in [5, 5.41) is 0.922. The van der Waals surface area contributed by atoms with Crippen LogP contribution in [-0.4, -0.2) is 15.8 Å². The molecular weight excluding hydrogens is 292 g/mol. The highest BCUT2D eigenvalue weighted by atomic mass is 79.9. The third kappa shape index (κ3) is 1.75. The van der Waals surface area contributed by atoms with Crippen LogP contribution < -0.4 is 0 Å². The van der Waals surface area contributed by atoms with E-state index in [0.29, 0.717) is 11.1 Å². The summed E-state index contributed by atoms with van der Waals surface area (Å²) in [7, 11) is 0. The molecule has 0 unspecified atom stereocenters. The minimum absolute atomic E-state index is 0.00162. The Hall–Kier alpha value is -1.94. The van der Waals surface area contributed by atoms with Crippen LogP contribution in [0.4, 0.5) is 0 Å². The van der Waals surface area contributed by atoms with Gasteiger partial charge in [-0.3, -0.25) is 9.78 Å². The molecule has 3 aromatic rings. The summed E-state index contributed by atoms with van der Waals surface area (Å²) in [5.74, 6) is 0.00162. The van der Waals surface area contributed by atoms with Gasteiger partial charge in [0, 0.05) is 39.6 Å². The molecule has 2 aromatic heterocycles. The number of rotatable bonds is 2. The minimum Gasteiger partial charge on any atom is -0.360 e. The fourth-order valence-electron chi connectivity index (χ4n) is 1.96. The number of benzene rings is 1. The van der Waals surface area contributed by atoms with Crippen molar-refractivity contribution in [2.24, 2.45) is 0 Å². The molecule has 0 bridgehead atoms. The number of H-pyrrole nitrogens is 1. The van der Waals surface area contributed by atoms with Gasteiger partial charge in [0.1, 0.15) is 0 Å². The van der Waals surface area contributed by atoms with Crippen molar-refractivity contribution >= 4 is 32.6 Å². The molecule has 18 heavy (non-hydrogen) atoms. The van der Waals surface area contributed by atoms with Gasteiger partial charge < -0.3 is 4.98 Å². The predicted molar refractivity (Wildman–Crippen MR) is 73.7 cm³/mol. The van der Waals surface area contributed by atoms with Crippen molar-refractivity contribution in [2.45, 2.75) is 0 Å². The Bertz CT molecular complexity index is 719. The van der Waals surface area contributed by atoms with Crippen LogP contribution in [0.3, 0.4) is 0 Å². The SMILES string of the molecule is O=C(c1ccncc1)c1c[nH]c2c(Br)cccc12. The van der Waals surface area contributed by atoms with Gasteiger partial charge in [-0.15, -0.1) is 0 Å². The first-order valence-corrected chi connectivity index (χ1v) is 6.27. The molecule has 2 heterocycles. The number of para-hydroxylation sites is 1. The summed E-state index contributed by atoms with van der Waals surface area (Å²) in [4.78, 5) is 19.4. The molecule has 3 rings (SSSR count). The Balaban J connectivity index is 2.16. The highest BCUT2D eigenvalue weighted by Crippen LogP contribution is 2.26. The van der Waals surface area contributed by atoms with Crippen molar-refractivity contribution in [2.75, 3.05) is 0 Å². The van der Waals surface area contributed by atoms with E-state index in [1.54, 1.807) is 30.7 Å². The first kappa shape index (κ1) is 11.2. The molecule has 0 aliphatic rings. The van der Waals surface area contributed by atoms with Gasteiger partial charge in [-0.1, -0.05) is 12.1 Å². The van der Waals surface area contributed by atoms with Crippen LogP contribution in [0.25, 0.3) is 10.9 Å². The average Bonchev–Trinajstić information content (AvgIpc) is 2.84. The molecule has 1 N–H and O–H groups in total. The van der Waals surface area contributed by atoms with Crippen LogP contribution in [0, 0.1) is 0 Å². The molecule has 0 atom stereocenters. The molecular formula is C14H9BrN2O. The van der Waals surface area contributed by atoms with E-state index in [0.717, 1.165) is 15.4 Å². The topological polar surface area (TPSA) is 45.8 Å². The molecule has 0 amide bonds. The molecule has 0 fully saturated rings. The Labute approximate surface area is 112 Å². The lowest BCUT2D eigenvalue weighted by molar-refractivity contribution is 0.104. The second-order valence-electron chi connectivity index (χ2n) is 3.93. The number of ketones is 1. The number of nitrogens with one attached hydrogen (secondary N) is 1. The number of aromatic nitrogens is 2. The van der Waals surface area contributed by atoms with Gasteiger partial charge >= 0.3 is 0 Å². The maximum atomic E-state index is 12.4. The van der Waals surface area contributed by atoms with Crippen molar-refractivity contribution in [1.82, 2.24) is 9.97 Å². The zero-order chi connectivity index (χ0) is 12.5. The standard InChI is InChI=1S/C14H9BrN2O/c15-12-3-1-2-10-11(8-17-13(10)12)14(18)9-4-6-16-7-5-9/h1-8,17H. The maximum Gasteiger partial charge on any atom is 0.195 e. The number of aromatic amines is 1. The van der Waals surface area contributed by atoms with Gasteiger partial charge in [-0.2, -0.15) is 0 Å². The summed E-state index contributed by atoms with van der Waals surface area (Å²) >= 11 is 3.46. The first-order valence-electron chi connectivity index (χ1n) is 5.47. The summed E-state index contributed by atoms with van der Waals surface area (Å²) in [6.07, 6.45) is 4.99. The Morgan fingerprint density at radius 3 is 2.72 bits per heavy atom. The largest absolute Gasteiger partial charge is 0.360 e. The molecule has 88 valence electrons. The lowest BCUT2D eigenvalue weighted by atomic mass is 10.0. The van der Waals surface area contributed by atoms with Crippen LogP contribution in [0.15, 0.2) is 53.4 Å². The number of pyridine rings is 1. The molecule has 1 aromatic carbocycles. The number of nitrogens with zero attached hydrogens (tertiary/aromatic N) is 1. The highest BCUT2D eigenvalue weighted by molar-refractivity contribution is 9.10. The van der Waals surface area contributed by atoms with Crippen LogP contribution in [0.5, 0.6) is 0 Å². The zero-order valence-electron chi connectivity index (χ0n) is 9.35. The predicted octanol–water partition coefficient (Wildman–Crippen LogP) is 3.56. The average molecular weight is 301 g/mol. The smallest absolute Gasteiger partial charge is 0.195 e. The molecule has 0 aliphatic carbocycles. The van der Waals surface area contributed by atoms with Crippen molar-refractivity contribution in [3.63, 3.8) is 0 Å². The van der Waals surface area contributed by atoms with Crippen LogP contribution in [-0.2, 0) is 0 Å². The van der Waals surface area contributed by atoms with Crippen LogP contribution >= 0.6 is 15.9 Å². The quantitative estimate of drug-likeness (QED) is 0.736. The lowest BCUT2D eigenvalue weighted by Crippen LogP contribution is -1.99. The van der Waals surface area contributed by atoms with Crippen molar-refractivity contribution in [3.05, 3.63) is 64.5 Å². The lowest BCUT2D eigenvalue weighted by Gasteiger charge is -1.99. The van der Waals surface area contributed by atoms with E-state index in [9.17, 15) is 4.79 Å². The fourth-order valence-corrected chi connectivity index (χ4v) is 2.44. The van der Waals surface area contributed by atoms with E-state index in [4.69, 9.17) is 0 Å². The van der Waals surface area contributed by atoms with Crippen molar-refractivity contribution in [3.8, 4) is 0 Å². The monoisotopic (exact) mass is 300 g/mol. The highest BCUT2D eigenvalue weighted by Gasteiger charge is 2.14. The zero-order valence-corrected chi connectivity index (χ0v) is 10.9. The van der Waals surface area contributed by atoms with Crippen LogP contribution in [0.2, 0.25) is 0 Å². The van der Waals surface area contributed by atoms with Gasteiger partial charge in [0.25, 0.3) is 0 Å². The summed E-state index contributed by atoms with van der Waals surface area (Å²) in [6, 6.07) is 9.24. The number of hydrogen-bond donors (Lipinski definition) is 1. The van der Waals surface area contributed by atoms with Crippen molar-refractivity contribution in [1.29, 1.82) is 0 Å². The number of carbonyl (C=O) groups excluding carboxylic acids is 1. The Morgan fingerprint density at radius 2 is 1.94 bits per heavy atom. The minimum atomic E-state index is 0.00162. The molecule has 0 radical (unpaired) electrons. The first-order chi connectivity index (χ1) is 8.77. The number of hydrogen-bond acceptors (Lipinski definition) is 2. The molecule has 4 heteroatoms. The molecule has 3 nitrogen and oxygen atoms in total. The fraction of sp³-hybridized carbons (Fsp3) is 0. The Morgan fingerprint density at radius 1 is 1.17 bits per heavy atom. The van der Waals surface area contributed by atoms with E-state index >= 15 is 0 Å². The number of halogens is 1. The van der Waals surface area contributed by atoms with E-state index in [1.165, 1.54) is 0 Å². The Kier molecular flexibility index (Phi) is 2.72. The van der Waals surface area contributed by atoms with Gasteiger partial charge in [0.2, 0.25) is 0 Å². The number of fused-ring (bicyclic) bond motifs is 1. The van der Waals surface area contributed by atoms with E-state index in [-0.39, 0.29) is 5.78 Å². The second-order valence-corrected chi connectivity index (χ2v) is 4.78. The van der Waals surface area contributed by atoms with Gasteiger partial charge in [0.15, 0.2) is 5.78 Å². The molecule has 0 aliphatic heterocycles. The summed E-state index contributed by atoms with van der Waals surface area (Å²) in [6.45, 7) is 0. The third-order valence-electron chi connectivity index (χ3n) is 2.85. The third-order valence-corrected chi connectivity index (χ3v) is 3.51. The van der Waals surface area contributed by atoms with Gasteiger partial charge in [0.05, 0.1) is 5.52 Å². The van der Waals surface area contributed by atoms with Gasteiger partial charge in [-0.25, -0.2) is 0 Å². The summed E-state index contributed by atoms with van der Waals surface area (Å²) < 4.78 is 0.953. The van der Waals surface area contributed by atoms with Crippen molar-refractivity contribution < 1.29 is 4.79 Å². The molecule has 0 saturated carbocycles. The summed E-state index contributed by atoms with van der Waals surface area (Å²) in [5.41, 5.74) is 2.26.